The molecular formula is C19H16N2O. The average molecular weight is 288 g/mol. The van der Waals surface area contributed by atoms with E-state index in [0.717, 1.165) is 22.6 Å². The van der Waals surface area contributed by atoms with Crippen molar-refractivity contribution >= 4 is 11.4 Å². The molecule has 0 bridgehead atoms. The molecule has 0 atom stereocenters. The quantitative estimate of drug-likeness (QED) is 0.517. The van der Waals surface area contributed by atoms with Gasteiger partial charge in [0.2, 0.25) is 0 Å². The predicted octanol–water partition coefficient (Wildman–Crippen LogP) is 4.14. The van der Waals surface area contributed by atoms with Crippen LogP contribution in [-0.4, -0.2) is 0 Å². The molecule has 3 aromatic rings. The van der Waals surface area contributed by atoms with Gasteiger partial charge in [-0.25, -0.2) is 0 Å². The van der Waals surface area contributed by atoms with E-state index in [4.69, 9.17) is 16.2 Å². The Morgan fingerprint density at radius 3 is 1.77 bits per heavy atom. The summed E-state index contributed by atoms with van der Waals surface area (Å²) in [4.78, 5) is 0. The number of fused-ring (bicyclic) bond motifs is 2. The number of rotatable bonds is 1. The minimum Gasteiger partial charge on any atom is -0.457 e. The Morgan fingerprint density at radius 2 is 1.23 bits per heavy atom. The molecule has 1 heterocycles. The van der Waals surface area contributed by atoms with Crippen LogP contribution in [0.3, 0.4) is 0 Å². The zero-order valence-corrected chi connectivity index (χ0v) is 12.0. The maximum absolute atomic E-state index is 6.03. The SMILES string of the molecule is Nc1ccc2c(c1)Oc1cc(N)ccc1C2c1ccccc1. The van der Waals surface area contributed by atoms with Gasteiger partial charge in [0.25, 0.3) is 0 Å². The number of benzene rings is 3. The summed E-state index contributed by atoms with van der Waals surface area (Å²) in [5, 5.41) is 0. The average Bonchev–Trinajstić information content (AvgIpc) is 2.53. The van der Waals surface area contributed by atoms with Crippen LogP contribution in [0.5, 0.6) is 11.5 Å². The maximum Gasteiger partial charge on any atom is 0.133 e. The summed E-state index contributed by atoms with van der Waals surface area (Å²) in [5.41, 5.74) is 16.7. The van der Waals surface area contributed by atoms with Gasteiger partial charge in [-0.15, -0.1) is 0 Å². The van der Waals surface area contributed by atoms with E-state index in [1.807, 2.05) is 42.5 Å². The molecule has 4 rings (SSSR count). The van der Waals surface area contributed by atoms with Crippen molar-refractivity contribution in [2.45, 2.75) is 5.92 Å². The molecule has 0 saturated heterocycles. The van der Waals surface area contributed by atoms with E-state index in [9.17, 15) is 0 Å². The predicted molar refractivity (Wildman–Crippen MR) is 89.2 cm³/mol. The summed E-state index contributed by atoms with van der Waals surface area (Å²) in [6.45, 7) is 0. The molecule has 3 heteroatoms. The van der Waals surface area contributed by atoms with Gasteiger partial charge < -0.3 is 16.2 Å². The summed E-state index contributed by atoms with van der Waals surface area (Å²) in [6, 6.07) is 22.1. The first kappa shape index (κ1) is 12.8. The Balaban J connectivity index is 1.97. The minimum absolute atomic E-state index is 0.126. The summed E-state index contributed by atoms with van der Waals surface area (Å²) in [6.07, 6.45) is 0. The fourth-order valence-electron chi connectivity index (χ4n) is 3.05. The first-order chi connectivity index (χ1) is 10.7. The van der Waals surface area contributed by atoms with E-state index in [1.165, 1.54) is 5.56 Å². The summed E-state index contributed by atoms with van der Waals surface area (Å²) >= 11 is 0. The zero-order chi connectivity index (χ0) is 15.1. The van der Waals surface area contributed by atoms with Crippen molar-refractivity contribution in [3.63, 3.8) is 0 Å². The van der Waals surface area contributed by atoms with Crippen LogP contribution in [0.4, 0.5) is 11.4 Å². The third kappa shape index (κ3) is 1.99. The Labute approximate surface area is 129 Å². The zero-order valence-electron chi connectivity index (χ0n) is 12.0. The molecule has 0 amide bonds. The van der Waals surface area contributed by atoms with Crippen LogP contribution in [0.2, 0.25) is 0 Å². The fraction of sp³-hybridized carbons (Fsp3) is 0.0526. The van der Waals surface area contributed by atoms with Crippen LogP contribution in [0, 0.1) is 0 Å². The number of anilines is 2. The number of hydrogen-bond donors (Lipinski definition) is 2. The first-order valence-corrected chi connectivity index (χ1v) is 7.24. The van der Waals surface area contributed by atoms with Crippen LogP contribution in [0.1, 0.15) is 22.6 Å². The van der Waals surface area contributed by atoms with Crippen molar-refractivity contribution in [3.8, 4) is 11.5 Å². The van der Waals surface area contributed by atoms with Gasteiger partial charge in [0.15, 0.2) is 0 Å². The van der Waals surface area contributed by atoms with Crippen LogP contribution < -0.4 is 16.2 Å². The maximum atomic E-state index is 6.03. The lowest BCUT2D eigenvalue weighted by Crippen LogP contribution is -2.12. The molecule has 1 aliphatic heterocycles. The molecule has 3 nitrogen and oxygen atoms in total. The smallest absolute Gasteiger partial charge is 0.133 e. The van der Waals surface area contributed by atoms with E-state index in [-0.39, 0.29) is 5.92 Å². The third-order valence-electron chi connectivity index (χ3n) is 4.05. The van der Waals surface area contributed by atoms with Crippen molar-refractivity contribution in [3.05, 3.63) is 83.4 Å². The molecule has 3 aromatic carbocycles. The molecule has 0 unspecified atom stereocenters. The molecule has 0 saturated carbocycles. The van der Waals surface area contributed by atoms with E-state index >= 15 is 0 Å². The van der Waals surface area contributed by atoms with E-state index in [0.29, 0.717) is 11.4 Å². The van der Waals surface area contributed by atoms with Gasteiger partial charge in [-0.1, -0.05) is 42.5 Å². The molecule has 108 valence electrons. The molecular weight excluding hydrogens is 272 g/mol. The number of hydrogen-bond acceptors (Lipinski definition) is 3. The monoisotopic (exact) mass is 288 g/mol. The number of nitrogen functional groups attached to an aromatic ring is 2. The second kappa shape index (κ2) is 4.81. The van der Waals surface area contributed by atoms with Gasteiger partial charge in [0, 0.05) is 40.6 Å². The molecule has 0 fully saturated rings. The number of ether oxygens (including phenoxy) is 1. The fourth-order valence-corrected chi connectivity index (χ4v) is 3.05. The molecule has 0 radical (unpaired) electrons. The van der Waals surface area contributed by atoms with Gasteiger partial charge >= 0.3 is 0 Å². The van der Waals surface area contributed by atoms with Gasteiger partial charge in [0.05, 0.1) is 0 Å². The van der Waals surface area contributed by atoms with Gasteiger partial charge in [-0.05, 0) is 17.7 Å². The molecule has 0 spiro atoms. The summed E-state index contributed by atoms with van der Waals surface area (Å²) in [7, 11) is 0. The molecule has 1 aliphatic rings. The molecule has 4 N–H and O–H groups in total. The van der Waals surface area contributed by atoms with Crippen LogP contribution in [0.25, 0.3) is 0 Å². The van der Waals surface area contributed by atoms with Crippen LogP contribution in [0.15, 0.2) is 66.7 Å². The third-order valence-corrected chi connectivity index (χ3v) is 4.05. The second-order valence-electron chi connectivity index (χ2n) is 5.54. The van der Waals surface area contributed by atoms with E-state index in [2.05, 4.69) is 24.3 Å². The Kier molecular flexibility index (Phi) is 2.79. The van der Waals surface area contributed by atoms with Gasteiger partial charge in [-0.3, -0.25) is 0 Å². The normalized spacial score (nSPS) is 13.1. The Bertz CT molecular complexity index is 792. The number of nitrogens with two attached hydrogens (primary N) is 2. The Morgan fingerprint density at radius 1 is 0.682 bits per heavy atom. The lowest BCUT2D eigenvalue weighted by Gasteiger charge is -2.29. The van der Waals surface area contributed by atoms with Crippen molar-refractivity contribution in [2.75, 3.05) is 11.5 Å². The molecule has 22 heavy (non-hydrogen) atoms. The van der Waals surface area contributed by atoms with Crippen LogP contribution >= 0.6 is 0 Å². The Hall–Kier alpha value is -2.94. The lowest BCUT2D eigenvalue weighted by molar-refractivity contribution is 0.453. The lowest BCUT2D eigenvalue weighted by atomic mass is 9.82. The minimum atomic E-state index is 0.126. The highest BCUT2D eigenvalue weighted by atomic mass is 16.5. The highest BCUT2D eigenvalue weighted by Crippen LogP contribution is 2.48. The van der Waals surface area contributed by atoms with Crippen molar-refractivity contribution in [1.29, 1.82) is 0 Å². The largest absolute Gasteiger partial charge is 0.457 e. The highest BCUT2D eigenvalue weighted by molar-refractivity contribution is 5.63. The summed E-state index contributed by atoms with van der Waals surface area (Å²) in [5.74, 6) is 1.72. The van der Waals surface area contributed by atoms with Crippen molar-refractivity contribution in [2.24, 2.45) is 0 Å². The first-order valence-electron chi connectivity index (χ1n) is 7.24. The summed E-state index contributed by atoms with van der Waals surface area (Å²) < 4.78 is 6.03. The molecule has 0 aliphatic carbocycles. The van der Waals surface area contributed by atoms with Crippen LogP contribution in [-0.2, 0) is 0 Å². The second-order valence-corrected chi connectivity index (χ2v) is 5.54. The molecule has 0 aromatic heterocycles. The van der Waals surface area contributed by atoms with E-state index in [1.54, 1.807) is 0 Å². The van der Waals surface area contributed by atoms with Gasteiger partial charge in [-0.2, -0.15) is 0 Å². The van der Waals surface area contributed by atoms with Gasteiger partial charge in [0.1, 0.15) is 11.5 Å². The van der Waals surface area contributed by atoms with E-state index < -0.39 is 0 Å². The van der Waals surface area contributed by atoms with Crippen molar-refractivity contribution in [1.82, 2.24) is 0 Å². The highest BCUT2D eigenvalue weighted by Gasteiger charge is 2.28. The van der Waals surface area contributed by atoms with Crippen molar-refractivity contribution < 1.29 is 4.74 Å². The standard InChI is InChI=1S/C19H16N2O/c20-13-6-8-15-17(10-13)22-18-11-14(21)7-9-16(18)19(15)12-4-2-1-3-5-12/h1-11,19H,20-21H2. The topological polar surface area (TPSA) is 61.3 Å².